The first-order valence-corrected chi connectivity index (χ1v) is 18.0. The summed E-state index contributed by atoms with van der Waals surface area (Å²) < 4.78 is 12.7. The van der Waals surface area contributed by atoms with Gasteiger partial charge in [0.15, 0.2) is 0 Å². The van der Waals surface area contributed by atoms with Crippen LogP contribution in [0.25, 0.3) is 0 Å². The molecule has 1 aromatic rings. The summed E-state index contributed by atoms with van der Waals surface area (Å²) in [6.07, 6.45) is 12.7. The number of nitrogens with zero attached hydrogens (tertiary/aromatic N) is 1. The Morgan fingerprint density at radius 1 is 1.08 bits per heavy atom. The summed E-state index contributed by atoms with van der Waals surface area (Å²) >= 11 is 0. The van der Waals surface area contributed by atoms with Crippen LogP contribution in [-0.2, 0) is 36.8 Å². The number of aryl methyl sites for hydroxylation is 1. The molecule has 3 amide bonds. The molecule has 4 rings (SSSR count). The zero-order valence-corrected chi connectivity index (χ0v) is 30.5. The van der Waals surface area contributed by atoms with Crippen LogP contribution in [0, 0.1) is 23.2 Å². The van der Waals surface area contributed by atoms with Gasteiger partial charge in [0, 0.05) is 37.8 Å². The Morgan fingerprint density at radius 2 is 1.73 bits per heavy atom. The number of rotatable bonds is 17. The van der Waals surface area contributed by atoms with Crippen LogP contribution in [0.5, 0.6) is 0 Å². The van der Waals surface area contributed by atoms with Crippen LogP contribution in [0.3, 0.4) is 0 Å². The van der Waals surface area contributed by atoms with Crippen LogP contribution in [0.15, 0.2) is 60.2 Å². The van der Waals surface area contributed by atoms with Crippen LogP contribution in [0.2, 0.25) is 0 Å². The fourth-order valence-electron chi connectivity index (χ4n) is 7.64. The van der Waals surface area contributed by atoms with Gasteiger partial charge in [-0.1, -0.05) is 70.2 Å². The molecule has 3 aliphatic rings. The molecule has 0 spiro atoms. The Balaban J connectivity index is 1.20. The normalized spacial score (nSPS) is 27.7. The second kappa shape index (κ2) is 16.7. The maximum Gasteiger partial charge on any atom is 0.253 e. The third kappa shape index (κ3) is 10.5. The summed E-state index contributed by atoms with van der Waals surface area (Å²) in [5, 5.41) is 22.8. The van der Waals surface area contributed by atoms with Gasteiger partial charge in [0.2, 0.25) is 5.91 Å². The molecule has 49 heavy (non-hydrogen) atoms. The number of carbonyl (C=O) groups excluding carboxylic acids is 3. The quantitative estimate of drug-likeness (QED) is 0.114. The third-order valence-electron chi connectivity index (χ3n) is 10.7. The minimum atomic E-state index is -0.575. The van der Waals surface area contributed by atoms with E-state index in [0.717, 1.165) is 42.4 Å². The van der Waals surface area contributed by atoms with Gasteiger partial charge in [0.25, 0.3) is 11.8 Å². The Morgan fingerprint density at radius 3 is 2.37 bits per heavy atom. The van der Waals surface area contributed by atoms with E-state index < -0.39 is 6.10 Å². The van der Waals surface area contributed by atoms with Gasteiger partial charge in [-0.2, -0.15) is 0 Å². The largest absolute Gasteiger partial charge is 0.396 e. The minimum absolute atomic E-state index is 0.0286. The van der Waals surface area contributed by atoms with Crippen LogP contribution in [0.4, 0.5) is 0 Å². The lowest BCUT2D eigenvalue weighted by Gasteiger charge is -2.42. The van der Waals surface area contributed by atoms with Gasteiger partial charge >= 0.3 is 0 Å². The van der Waals surface area contributed by atoms with E-state index >= 15 is 0 Å². The lowest BCUT2D eigenvalue weighted by Crippen LogP contribution is -2.43. The lowest BCUT2D eigenvalue weighted by molar-refractivity contribution is -0.137. The summed E-state index contributed by atoms with van der Waals surface area (Å²) in [6.45, 7) is 15.4. The maximum absolute atomic E-state index is 12.9. The molecule has 0 saturated carbocycles. The molecule has 0 aliphatic carbocycles. The van der Waals surface area contributed by atoms with Crippen molar-refractivity contribution in [1.29, 1.82) is 0 Å². The standard InChI is InChI=1S/C40H58N2O7/c1-26(23-40(7)38(49-40)28(3)33(25-43)29(4)44)10-8-11-27(2)37-39(5,6)20-19-32(48-37)22-34(45)41-24-31-15-13-30(14-16-31)12-9-21-42-35(46)17-18-36(42)47/h8,10-11,13-18,26,28-29,32-33,37-38,43-44H,9,12,19-25H2,1-7H3,(H,41,45)/b10-8+,27-11+/t26-,28-,29-,32-,33-,37-,38-,40-/m1/s1. The third-order valence-corrected chi connectivity index (χ3v) is 10.7. The van der Waals surface area contributed by atoms with Crippen molar-refractivity contribution in [3.8, 4) is 0 Å². The van der Waals surface area contributed by atoms with Gasteiger partial charge < -0.3 is 25.0 Å². The van der Waals surface area contributed by atoms with E-state index in [4.69, 9.17) is 9.47 Å². The van der Waals surface area contributed by atoms with Crippen LogP contribution in [0.1, 0.15) is 91.7 Å². The molecule has 3 N–H and O–H groups in total. The Bertz CT molecular complexity index is 1380. The van der Waals surface area contributed by atoms with Gasteiger partial charge in [-0.05, 0) is 86.8 Å². The summed E-state index contributed by atoms with van der Waals surface area (Å²) in [5.41, 5.74) is 2.97. The molecule has 1 aromatic carbocycles. The fraction of sp³-hybridized carbons (Fsp3) is 0.625. The number of aliphatic hydroxyl groups excluding tert-OH is 2. The number of hydrogen-bond donors (Lipinski definition) is 3. The van der Waals surface area contributed by atoms with Crippen molar-refractivity contribution in [3.05, 3.63) is 71.3 Å². The highest BCUT2D eigenvalue weighted by Gasteiger charge is 2.56. The number of hydrogen-bond acceptors (Lipinski definition) is 7. The molecule has 0 bridgehead atoms. The molecule has 2 saturated heterocycles. The van der Waals surface area contributed by atoms with E-state index in [1.807, 2.05) is 31.2 Å². The smallest absolute Gasteiger partial charge is 0.253 e. The highest BCUT2D eigenvalue weighted by atomic mass is 16.6. The molecule has 3 heterocycles. The Labute approximate surface area is 292 Å². The first-order chi connectivity index (χ1) is 23.1. The molecule has 9 heteroatoms. The summed E-state index contributed by atoms with van der Waals surface area (Å²) in [4.78, 5) is 37.6. The van der Waals surface area contributed by atoms with Crippen molar-refractivity contribution in [1.82, 2.24) is 10.2 Å². The molecular weight excluding hydrogens is 620 g/mol. The van der Waals surface area contributed by atoms with Gasteiger partial charge in [0.05, 0.1) is 36.4 Å². The number of epoxide rings is 1. The van der Waals surface area contributed by atoms with Crippen molar-refractivity contribution in [2.24, 2.45) is 23.2 Å². The van der Waals surface area contributed by atoms with Gasteiger partial charge in [-0.3, -0.25) is 19.3 Å². The van der Waals surface area contributed by atoms with Crippen molar-refractivity contribution in [3.63, 3.8) is 0 Å². The van der Waals surface area contributed by atoms with E-state index in [-0.39, 0.29) is 71.4 Å². The van der Waals surface area contributed by atoms with E-state index in [1.165, 1.54) is 17.1 Å². The Kier molecular flexibility index (Phi) is 13.2. The molecule has 8 atom stereocenters. The van der Waals surface area contributed by atoms with E-state index in [0.29, 0.717) is 25.9 Å². The summed E-state index contributed by atoms with van der Waals surface area (Å²) in [5.74, 6) is -0.360. The van der Waals surface area contributed by atoms with Crippen LogP contribution < -0.4 is 5.32 Å². The second-order valence-corrected chi connectivity index (χ2v) is 15.5. The topological polar surface area (TPSA) is 129 Å². The van der Waals surface area contributed by atoms with E-state index in [1.54, 1.807) is 6.92 Å². The molecule has 0 unspecified atom stereocenters. The van der Waals surface area contributed by atoms with Crippen molar-refractivity contribution >= 4 is 17.7 Å². The molecular formula is C40H58N2O7. The number of amides is 3. The van der Waals surface area contributed by atoms with Crippen molar-refractivity contribution in [2.75, 3.05) is 13.2 Å². The van der Waals surface area contributed by atoms with Crippen LogP contribution >= 0.6 is 0 Å². The van der Waals surface area contributed by atoms with E-state index in [9.17, 15) is 24.6 Å². The predicted octanol–water partition coefficient (Wildman–Crippen LogP) is 5.44. The number of carbonyl (C=O) groups is 3. The van der Waals surface area contributed by atoms with Crippen LogP contribution in [-0.4, -0.2) is 76.0 Å². The molecule has 3 aliphatic heterocycles. The lowest BCUT2D eigenvalue weighted by atomic mass is 9.75. The maximum atomic E-state index is 12.9. The second-order valence-electron chi connectivity index (χ2n) is 15.5. The summed E-state index contributed by atoms with van der Waals surface area (Å²) in [7, 11) is 0. The van der Waals surface area contributed by atoms with Gasteiger partial charge in [0.1, 0.15) is 0 Å². The summed E-state index contributed by atoms with van der Waals surface area (Å²) in [6, 6.07) is 8.06. The number of allylic oxidation sites excluding steroid dienone is 3. The minimum Gasteiger partial charge on any atom is -0.396 e. The number of ether oxygens (including phenoxy) is 2. The molecule has 270 valence electrons. The zero-order chi connectivity index (χ0) is 35.9. The zero-order valence-electron chi connectivity index (χ0n) is 30.5. The monoisotopic (exact) mass is 678 g/mol. The first kappa shape index (κ1) is 38.7. The van der Waals surface area contributed by atoms with Gasteiger partial charge in [-0.25, -0.2) is 0 Å². The highest BCUT2D eigenvalue weighted by Crippen LogP contribution is 2.48. The molecule has 0 aromatic heterocycles. The number of aliphatic hydroxyl groups is 2. The van der Waals surface area contributed by atoms with Gasteiger partial charge in [-0.15, -0.1) is 0 Å². The molecule has 9 nitrogen and oxygen atoms in total. The average molecular weight is 679 g/mol. The van der Waals surface area contributed by atoms with E-state index in [2.05, 4.69) is 58.2 Å². The average Bonchev–Trinajstić information content (AvgIpc) is 3.61. The number of nitrogens with one attached hydrogen (secondary N) is 1. The fourth-order valence-corrected chi connectivity index (χ4v) is 7.64. The molecule has 0 radical (unpaired) electrons. The SMILES string of the molecule is C/C(=C\C=C\[C@@H](C)C[C@@]1(C)O[C@@H]1[C@H](C)[C@@H](CO)[C@@H](C)O)[C@H]1O[C@@H](CC(=O)NCc2ccc(CCCN3C(=O)C=CC3=O)cc2)CCC1(C)C. The predicted molar refractivity (Wildman–Crippen MR) is 190 cm³/mol. The Hall–Kier alpha value is -3.11. The molecule has 2 fully saturated rings. The highest BCUT2D eigenvalue weighted by molar-refractivity contribution is 6.12. The van der Waals surface area contributed by atoms with Crippen molar-refractivity contribution in [2.45, 2.75) is 124 Å². The van der Waals surface area contributed by atoms with Crippen molar-refractivity contribution < 1.29 is 34.1 Å². The first-order valence-electron chi connectivity index (χ1n) is 18.0. The number of imide groups is 1. The number of benzene rings is 1.